The van der Waals surface area contributed by atoms with Crippen LogP contribution in [0, 0.1) is 0 Å². The van der Waals surface area contributed by atoms with E-state index in [1.807, 2.05) is 0 Å². The molecule has 0 spiro atoms. The average molecular weight is 426 g/mol. The first kappa shape index (κ1) is 18.3. The molecule has 116 valence electrons. The zero-order valence-corrected chi connectivity index (χ0v) is 15.7. The van der Waals surface area contributed by atoms with E-state index in [1.54, 1.807) is 13.8 Å². The molecule has 2 N–H and O–H groups in total. The number of nitrogens with one attached hydrogen (secondary N) is 2. The topological polar surface area (TPSA) is 92.3 Å². The van der Waals surface area contributed by atoms with E-state index < -0.39 is 25.6 Å². The molecule has 0 aliphatic rings. The summed E-state index contributed by atoms with van der Waals surface area (Å²) in [4.78, 5) is 0. The number of hydrogen-bond acceptors (Lipinski definition) is 5. The lowest BCUT2D eigenvalue weighted by molar-refractivity contribution is 0.446. The number of hydrogen-bond donors (Lipinski definition) is 2. The fraction of sp³-hybridized carbons (Fsp3) is 0.556. The summed E-state index contributed by atoms with van der Waals surface area (Å²) in [5, 5.41) is 0.309. The highest BCUT2D eigenvalue weighted by Gasteiger charge is 2.26. The van der Waals surface area contributed by atoms with Crippen LogP contribution in [0.5, 0.6) is 0 Å². The fourth-order valence-electron chi connectivity index (χ4n) is 1.34. The Morgan fingerprint density at radius 1 is 1.35 bits per heavy atom. The first-order valence-electron chi connectivity index (χ1n) is 5.26. The van der Waals surface area contributed by atoms with Crippen LogP contribution in [0.15, 0.2) is 14.1 Å². The van der Waals surface area contributed by atoms with Gasteiger partial charge in [-0.25, -0.2) is 26.3 Å². The predicted molar refractivity (Wildman–Crippen MR) is 84.3 cm³/mol. The number of sulfonamides is 2. The summed E-state index contributed by atoms with van der Waals surface area (Å²) >= 11 is 9.91. The molecule has 0 saturated heterocycles. The molecule has 20 heavy (non-hydrogen) atoms. The molecule has 0 atom stereocenters. The minimum atomic E-state index is -3.73. The highest BCUT2D eigenvalue weighted by atomic mass is 79.9. The summed E-state index contributed by atoms with van der Waals surface area (Å²) in [5.41, 5.74) is -0.945. The van der Waals surface area contributed by atoms with Crippen molar-refractivity contribution in [3.8, 4) is 0 Å². The molecule has 0 fully saturated rings. The van der Waals surface area contributed by atoms with Gasteiger partial charge < -0.3 is 0 Å². The van der Waals surface area contributed by atoms with Crippen LogP contribution in [0.1, 0.15) is 13.8 Å². The van der Waals surface area contributed by atoms with E-state index in [-0.39, 0.29) is 10.8 Å². The molecule has 0 unspecified atom stereocenters. The summed E-state index contributed by atoms with van der Waals surface area (Å²) in [6.07, 6.45) is 1.01. The van der Waals surface area contributed by atoms with E-state index >= 15 is 0 Å². The van der Waals surface area contributed by atoms with Crippen LogP contribution in [0.4, 0.5) is 0 Å². The van der Waals surface area contributed by atoms with Crippen LogP contribution < -0.4 is 9.44 Å². The van der Waals surface area contributed by atoms with Gasteiger partial charge in [-0.3, -0.25) is 0 Å². The zero-order chi connectivity index (χ0) is 15.8. The lowest BCUT2D eigenvalue weighted by Crippen LogP contribution is -2.50. The minimum Gasteiger partial charge on any atom is -0.213 e. The predicted octanol–water partition coefficient (Wildman–Crippen LogP) is 1.77. The van der Waals surface area contributed by atoms with Crippen molar-refractivity contribution in [1.82, 2.24) is 9.44 Å². The molecule has 0 bridgehead atoms. The molecule has 1 rings (SSSR count). The van der Waals surface area contributed by atoms with Crippen LogP contribution in [0.3, 0.4) is 0 Å². The van der Waals surface area contributed by atoms with E-state index in [9.17, 15) is 16.8 Å². The van der Waals surface area contributed by atoms with Crippen LogP contribution in [0.25, 0.3) is 0 Å². The molecule has 1 aromatic heterocycles. The van der Waals surface area contributed by atoms with Crippen molar-refractivity contribution in [2.24, 2.45) is 0 Å². The van der Waals surface area contributed by atoms with Crippen molar-refractivity contribution in [2.45, 2.75) is 23.6 Å². The third-order valence-electron chi connectivity index (χ3n) is 2.05. The summed E-state index contributed by atoms with van der Waals surface area (Å²) in [6.45, 7) is 3.07. The molecule has 0 amide bonds. The number of rotatable bonds is 6. The van der Waals surface area contributed by atoms with Crippen LogP contribution >= 0.6 is 38.9 Å². The molecule has 11 heteroatoms. The molecule has 0 aromatic carbocycles. The van der Waals surface area contributed by atoms with E-state index in [0.717, 1.165) is 17.6 Å². The van der Waals surface area contributed by atoms with Crippen molar-refractivity contribution in [1.29, 1.82) is 0 Å². The smallest absolute Gasteiger partial charge is 0.213 e. The van der Waals surface area contributed by atoms with Gasteiger partial charge in [0.15, 0.2) is 0 Å². The van der Waals surface area contributed by atoms with Gasteiger partial charge in [0.25, 0.3) is 0 Å². The molecule has 0 radical (unpaired) electrons. The second-order valence-corrected chi connectivity index (χ2v) is 11.3. The third kappa shape index (κ3) is 5.58. The Kier molecular flexibility index (Phi) is 5.68. The lowest BCUT2D eigenvalue weighted by atomic mass is 10.1. The zero-order valence-electron chi connectivity index (χ0n) is 10.9. The summed E-state index contributed by atoms with van der Waals surface area (Å²) in [5.74, 6) is 0. The van der Waals surface area contributed by atoms with Crippen LogP contribution in [-0.4, -0.2) is 35.2 Å². The lowest BCUT2D eigenvalue weighted by Gasteiger charge is -2.24. The number of halogens is 2. The summed E-state index contributed by atoms with van der Waals surface area (Å²) in [7, 11) is -7.16. The first-order valence-corrected chi connectivity index (χ1v) is 10.6. The Balaban J connectivity index is 2.83. The van der Waals surface area contributed by atoms with E-state index in [0.29, 0.717) is 8.81 Å². The largest absolute Gasteiger partial charge is 0.250 e. The molecule has 0 saturated carbocycles. The Morgan fingerprint density at radius 3 is 2.30 bits per heavy atom. The maximum absolute atomic E-state index is 12.1. The Hall–Kier alpha value is 0.290. The minimum absolute atomic E-state index is 0.0598. The van der Waals surface area contributed by atoms with E-state index in [2.05, 4.69) is 25.4 Å². The van der Waals surface area contributed by atoms with Gasteiger partial charge in [-0.2, -0.15) is 0 Å². The van der Waals surface area contributed by atoms with Gasteiger partial charge in [-0.1, -0.05) is 11.6 Å². The van der Waals surface area contributed by atoms with E-state index in [4.69, 9.17) is 11.6 Å². The molecular formula is C9H14BrClN2O4S3. The Labute approximate surface area is 136 Å². The van der Waals surface area contributed by atoms with Gasteiger partial charge in [0, 0.05) is 12.1 Å². The van der Waals surface area contributed by atoms with Crippen molar-refractivity contribution in [3.05, 3.63) is 14.9 Å². The van der Waals surface area contributed by atoms with Crippen molar-refractivity contribution in [3.63, 3.8) is 0 Å². The normalized spacial score (nSPS) is 13.7. The monoisotopic (exact) mass is 424 g/mol. The van der Waals surface area contributed by atoms with Gasteiger partial charge in [0.1, 0.15) is 4.21 Å². The molecule has 1 aromatic rings. The van der Waals surface area contributed by atoms with Gasteiger partial charge in [0.05, 0.1) is 15.1 Å². The summed E-state index contributed by atoms with van der Waals surface area (Å²) < 4.78 is 51.7. The second kappa shape index (κ2) is 6.19. The average Bonchev–Trinajstić information content (AvgIpc) is 2.54. The summed E-state index contributed by atoms with van der Waals surface area (Å²) in [6, 6.07) is 1.33. The Morgan fingerprint density at radius 2 is 1.90 bits per heavy atom. The molecule has 0 aliphatic heterocycles. The highest BCUT2D eigenvalue weighted by molar-refractivity contribution is 9.11. The number of thiophene rings is 1. The van der Waals surface area contributed by atoms with E-state index in [1.165, 1.54) is 6.07 Å². The first-order chi connectivity index (χ1) is 8.82. The van der Waals surface area contributed by atoms with Gasteiger partial charge >= 0.3 is 0 Å². The quantitative estimate of drug-likeness (QED) is 0.726. The van der Waals surface area contributed by atoms with Crippen molar-refractivity contribution < 1.29 is 16.8 Å². The van der Waals surface area contributed by atoms with Crippen LogP contribution in [-0.2, 0) is 20.0 Å². The fourth-order valence-corrected chi connectivity index (χ4v) is 6.07. The molecule has 1 heterocycles. The maximum Gasteiger partial charge on any atom is 0.250 e. The van der Waals surface area contributed by atoms with Gasteiger partial charge in [-0.05, 0) is 35.8 Å². The van der Waals surface area contributed by atoms with Crippen LogP contribution in [0.2, 0.25) is 5.02 Å². The van der Waals surface area contributed by atoms with Gasteiger partial charge in [0.2, 0.25) is 20.0 Å². The SMILES string of the molecule is CC(C)(CNS(=O)(=O)c1cc(Cl)c(Br)s1)NS(C)(=O)=O. The molecule has 6 nitrogen and oxygen atoms in total. The second-order valence-electron chi connectivity index (χ2n) is 4.77. The maximum atomic E-state index is 12.1. The third-order valence-corrected chi connectivity index (χ3v) is 7.33. The molecular weight excluding hydrogens is 412 g/mol. The Bertz CT molecular complexity index is 677. The van der Waals surface area contributed by atoms with Crippen molar-refractivity contribution in [2.75, 3.05) is 12.8 Å². The highest BCUT2D eigenvalue weighted by Crippen LogP contribution is 2.34. The van der Waals surface area contributed by atoms with Gasteiger partial charge in [-0.15, -0.1) is 11.3 Å². The van der Waals surface area contributed by atoms with Crippen molar-refractivity contribution >= 4 is 58.9 Å². The molecule has 0 aliphatic carbocycles. The standard InChI is InChI=1S/C9H14BrClN2O4S3/c1-9(2,13-19(3,14)15)5-12-20(16,17)7-4-6(11)8(10)18-7/h4,12-13H,5H2,1-3H3.